The maximum absolute atomic E-state index is 12.6. The summed E-state index contributed by atoms with van der Waals surface area (Å²) in [6, 6.07) is 11.5. The Balaban J connectivity index is 1.30. The molecular formula is C21H27N5O2. The quantitative estimate of drug-likeness (QED) is 0.864. The molecule has 0 unspecified atom stereocenters. The lowest BCUT2D eigenvalue weighted by Crippen LogP contribution is -2.55. The third kappa shape index (κ3) is 3.88. The Hall–Kier alpha value is -2.83. The van der Waals surface area contributed by atoms with Crippen LogP contribution in [0.5, 0.6) is 0 Å². The Morgan fingerprint density at radius 2 is 1.93 bits per heavy atom. The van der Waals surface area contributed by atoms with Crippen LogP contribution in [0.3, 0.4) is 0 Å². The standard InChI is InChI=1S/C21H27N5O2/c1-16-12-17(2)26(23-16)15-21(8-9-21)14-22-20(28)24-10-11-25(19(27)13-24)18-6-4-3-5-7-18/h3-7,12H,8-11,13-15H2,1-2H3,(H,22,28). The predicted octanol–water partition coefficient (Wildman–Crippen LogP) is 2.34. The van der Waals surface area contributed by atoms with Gasteiger partial charge in [-0.25, -0.2) is 4.79 Å². The fourth-order valence-corrected chi connectivity index (χ4v) is 3.82. The Kier molecular flexibility index (Phi) is 4.83. The average molecular weight is 381 g/mol. The van der Waals surface area contributed by atoms with E-state index in [1.54, 1.807) is 9.80 Å². The fourth-order valence-electron chi connectivity index (χ4n) is 3.82. The molecule has 1 saturated heterocycles. The number of aromatic nitrogens is 2. The maximum Gasteiger partial charge on any atom is 0.317 e. The molecule has 4 rings (SSSR count). The molecule has 0 spiro atoms. The van der Waals surface area contributed by atoms with E-state index >= 15 is 0 Å². The number of anilines is 1. The third-order valence-electron chi connectivity index (χ3n) is 5.74. The van der Waals surface area contributed by atoms with Gasteiger partial charge < -0.3 is 15.1 Å². The number of hydrogen-bond donors (Lipinski definition) is 1. The zero-order valence-electron chi connectivity index (χ0n) is 16.5. The van der Waals surface area contributed by atoms with Crippen molar-refractivity contribution in [2.45, 2.75) is 33.2 Å². The highest BCUT2D eigenvalue weighted by Gasteiger charge is 2.44. The second-order valence-electron chi connectivity index (χ2n) is 8.05. The molecule has 1 aromatic heterocycles. The monoisotopic (exact) mass is 381 g/mol. The van der Waals surface area contributed by atoms with Crippen LogP contribution in [-0.4, -0.2) is 52.8 Å². The molecule has 1 aliphatic carbocycles. The van der Waals surface area contributed by atoms with E-state index in [2.05, 4.69) is 23.4 Å². The van der Waals surface area contributed by atoms with Gasteiger partial charge in [-0.05, 0) is 44.9 Å². The molecule has 2 aliphatic rings. The third-order valence-corrected chi connectivity index (χ3v) is 5.74. The van der Waals surface area contributed by atoms with Crippen LogP contribution in [0.25, 0.3) is 0 Å². The number of piperazine rings is 1. The largest absolute Gasteiger partial charge is 0.337 e. The smallest absolute Gasteiger partial charge is 0.317 e. The normalized spacial score (nSPS) is 18.3. The van der Waals surface area contributed by atoms with Crippen LogP contribution in [0.2, 0.25) is 0 Å². The number of aryl methyl sites for hydroxylation is 2. The minimum absolute atomic E-state index is 0.0450. The van der Waals surface area contributed by atoms with Crippen LogP contribution in [0.15, 0.2) is 36.4 Å². The van der Waals surface area contributed by atoms with Crippen molar-refractivity contribution in [3.8, 4) is 0 Å². The van der Waals surface area contributed by atoms with Gasteiger partial charge in [0.05, 0.1) is 5.69 Å². The zero-order valence-corrected chi connectivity index (χ0v) is 16.5. The number of hydrogen-bond acceptors (Lipinski definition) is 3. The summed E-state index contributed by atoms with van der Waals surface area (Å²) in [5.74, 6) is -0.0450. The highest BCUT2D eigenvalue weighted by Crippen LogP contribution is 2.46. The lowest BCUT2D eigenvalue weighted by Gasteiger charge is -2.34. The Bertz CT molecular complexity index is 872. The van der Waals surface area contributed by atoms with Crippen LogP contribution in [0, 0.1) is 19.3 Å². The predicted molar refractivity (Wildman–Crippen MR) is 107 cm³/mol. The summed E-state index contributed by atoms with van der Waals surface area (Å²) in [4.78, 5) is 28.5. The van der Waals surface area contributed by atoms with Gasteiger partial charge >= 0.3 is 6.03 Å². The average Bonchev–Trinajstić information content (AvgIpc) is 3.38. The summed E-state index contributed by atoms with van der Waals surface area (Å²) in [5.41, 5.74) is 3.15. The summed E-state index contributed by atoms with van der Waals surface area (Å²) in [6.45, 7) is 6.68. The molecule has 28 heavy (non-hydrogen) atoms. The Labute approximate surface area is 165 Å². The van der Waals surface area contributed by atoms with Crippen LogP contribution >= 0.6 is 0 Å². The van der Waals surface area contributed by atoms with Crippen molar-refractivity contribution in [3.63, 3.8) is 0 Å². The van der Waals surface area contributed by atoms with Crippen LogP contribution in [0.1, 0.15) is 24.2 Å². The van der Waals surface area contributed by atoms with Gasteiger partial charge in [-0.1, -0.05) is 18.2 Å². The van der Waals surface area contributed by atoms with Crippen molar-refractivity contribution < 1.29 is 9.59 Å². The van der Waals surface area contributed by atoms with E-state index in [0.717, 1.165) is 36.5 Å². The minimum Gasteiger partial charge on any atom is -0.337 e. The van der Waals surface area contributed by atoms with E-state index in [1.165, 1.54) is 0 Å². The number of amides is 3. The van der Waals surface area contributed by atoms with Gasteiger partial charge in [0.1, 0.15) is 6.54 Å². The number of nitrogens with zero attached hydrogens (tertiary/aromatic N) is 4. The maximum atomic E-state index is 12.6. The molecule has 2 aromatic rings. The van der Waals surface area contributed by atoms with E-state index in [9.17, 15) is 9.59 Å². The van der Waals surface area contributed by atoms with E-state index in [1.807, 2.05) is 41.9 Å². The molecule has 3 amide bonds. The van der Waals surface area contributed by atoms with Gasteiger partial charge in [0.25, 0.3) is 0 Å². The highest BCUT2D eigenvalue weighted by molar-refractivity contribution is 5.97. The van der Waals surface area contributed by atoms with Gasteiger partial charge in [0.15, 0.2) is 0 Å². The van der Waals surface area contributed by atoms with Crippen molar-refractivity contribution >= 4 is 17.6 Å². The van der Waals surface area contributed by atoms with E-state index in [-0.39, 0.29) is 23.9 Å². The van der Waals surface area contributed by atoms with Crippen LogP contribution < -0.4 is 10.2 Å². The number of nitrogens with one attached hydrogen (secondary N) is 1. The van der Waals surface area contributed by atoms with E-state index in [4.69, 9.17) is 0 Å². The zero-order chi connectivity index (χ0) is 19.7. The number of rotatable bonds is 5. The number of carbonyl (C=O) groups is 2. The number of urea groups is 1. The van der Waals surface area contributed by atoms with Crippen molar-refractivity contribution in [1.82, 2.24) is 20.0 Å². The van der Waals surface area contributed by atoms with E-state index in [0.29, 0.717) is 19.6 Å². The SMILES string of the molecule is Cc1cc(C)n(CC2(CNC(=O)N3CCN(c4ccccc4)C(=O)C3)CC2)n1. The molecule has 0 bridgehead atoms. The second kappa shape index (κ2) is 7.30. The van der Waals surface area contributed by atoms with Gasteiger partial charge in [0, 0.05) is 43.0 Å². The van der Waals surface area contributed by atoms with Crippen molar-refractivity contribution in [2.24, 2.45) is 5.41 Å². The molecule has 1 aliphatic heterocycles. The number of benzene rings is 1. The Morgan fingerprint density at radius 1 is 1.18 bits per heavy atom. The summed E-state index contributed by atoms with van der Waals surface area (Å²) < 4.78 is 2.04. The molecule has 0 atom stereocenters. The molecule has 7 nitrogen and oxygen atoms in total. The van der Waals surface area contributed by atoms with E-state index < -0.39 is 0 Å². The molecule has 7 heteroatoms. The summed E-state index contributed by atoms with van der Waals surface area (Å²) in [5, 5.41) is 7.59. The van der Waals surface area contributed by atoms with Crippen LogP contribution in [-0.2, 0) is 11.3 Å². The summed E-state index contributed by atoms with van der Waals surface area (Å²) in [7, 11) is 0. The van der Waals surface area contributed by atoms with Crippen molar-refractivity contribution in [2.75, 3.05) is 31.1 Å². The molecular weight excluding hydrogens is 354 g/mol. The fraction of sp³-hybridized carbons (Fsp3) is 0.476. The first-order valence-corrected chi connectivity index (χ1v) is 9.85. The molecule has 2 fully saturated rings. The molecule has 148 valence electrons. The topological polar surface area (TPSA) is 70.5 Å². The molecule has 2 heterocycles. The molecule has 1 aromatic carbocycles. The lowest BCUT2D eigenvalue weighted by atomic mass is 10.1. The highest BCUT2D eigenvalue weighted by atomic mass is 16.2. The van der Waals surface area contributed by atoms with Gasteiger partial charge in [-0.2, -0.15) is 5.10 Å². The Morgan fingerprint density at radius 3 is 2.54 bits per heavy atom. The van der Waals surface area contributed by atoms with Gasteiger partial charge in [-0.3, -0.25) is 9.48 Å². The second-order valence-corrected chi connectivity index (χ2v) is 8.05. The van der Waals surface area contributed by atoms with Gasteiger partial charge in [-0.15, -0.1) is 0 Å². The lowest BCUT2D eigenvalue weighted by molar-refractivity contribution is -0.120. The number of carbonyl (C=O) groups excluding carboxylic acids is 2. The van der Waals surface area contributed by atoms with Crippen molar-refractivity contribution in [3.05, 3.63) is 47.8 Å². The first-order valence-electron chi connectivity index (χ1n) is 9.85. The minimum atomic E-state index is -0.152. The molecule has 0 radical (unpaired) electrons. The molecule has 1 saturated carbocycles. The summed E-state index contributed by atoms with van der Waals surface area (Å²) >= 11 is 0. The van der Waals surface area contributed by atoms with Crippen molar-refractivity contribution in [1.29, 1.82) is 0 Å². The number of para-hydroxylation sites is 1. The first-order chi connectivity index (χ1) is 13.5. The summed E-state index contributed by atoms with van der Waals surface area (Å²) in [6.07, 6.45) is 2.18. The van der Waals surface area contributed by atoms with Gasteiger partial charge in [0.2, 0.25) is 5.91 Å². The first kappa shape index (κ1) is 18.5. The van der Waals surface area contributed by atoms with Crippen LogP contribution in [0.4, 0.5) is 10.5 Å². The molecule has 1 N–H and O–H groups in total.